The van der Waals surface area contributed by atoms with Gasteiger partial charge in [-0.05, 0) is 36.4 Å². The Bertz CT molecular complexity index is 839. The summed E-state index contributed by atoms with van der Waals surface area (Å²) in [4.78, 5) is 12.3. The highest BCUT2D eigenvalue weighted by Gasteiger charge is 2.10. The molecule has 0 spiro atoms. The largest absolute Gasteiger partial charge is 0.507 e. The van der Waals surface area contributed by atoms with E-state index < -0.39 is 0 Å². The van der Waals surface area contributed by atoms with Crippen molar-refractivity contribution in [3.8, 4) is 11.4 Å². The van der Waals surface area contributed by atoms with Crippen molar-refractivity contribution in [3.05, 3.63) is 84.2 Å². The molecule has 1 heterocycles. The second kappa shape index (κ2) is 6.62. The zero-order valence-corrected chi connectivity index (χ0v) is 12.3. The minimum absolute atomic E-state index is 0.109. The quantitative estimate of drug-likeness (QED) is 0.575. The molecule has 0 atom stereocenters. The smallest absolute Gasteiger partial charge is 0.273 e. The fourth-order valence-electron chi connectivity index (χ4n) is 2.20. The molecule has 0 radical (unpaired) electrons. The monoisotopic (exact) mass is 305 g/mol. The molecule has 5 heteroatoms. The number of amides is 1. The molecule has 0 fully saturated rings. The van der Waals surface area contributed by atoms with Crippen LogP contribution in [-0.4, -0.2) is 21.8 Å². The minimum atomic E-state index is -0.319. The summed E-state index contributed by atoms with van der Waals surface area (Å²) < 4.78 is 1.86. The van der Waals surface area contributed by atoms with Crippen molar-refractivity contribution in [2.24, 2.45) is 5.10 Å². The topological polar surface area (TPSA) is 66.6 Å². The Balaban J connectivity index is 1.78. The molecule has 3 rings (SSSR count). The van der Waals surface area contributed by atoms with Gasteiger partial charge in [0.05, 0.1) is 17.5 Å². The van der Waals surface area contributed by atoms with Crippen LogP contribution in [0, 0.1) is 0 Å². The summed E-state index contributed by atoms with van der Waals surface area (Å²) in [6.07, 6.45) is 5.15. The summed E-state index contributed by atoms with van der Waals surface area (Å²) in [5.74, 6) is -0.209. The lowest BCUT2D eigenvalue weighted by molar-refractivity contribution is 0.0955. The van der Waals surface area contributed by atoms with Gasteiger partial charge in [0, 0.05) is 18.0 Å². The van der Waals surface area contributed by atoms with E-state index in [9.17, 15) is 9.90 Å². The lowest BCUT2D eigenvalue weighted by Crippen LogP contribution is -2.19. The third-order valence-corrected chi connectivity index (χ3v) is 3.34. The maximum atomic E-state index is 12.3. The van der Waals surface area contributed by atoms with Crippen molar-refractivity contribution < 1.29 is 9.90 Å². The molecule has 0 bridgehead atoms. The summed E-state index contributed by atoms with van der Waals surface area (Å²) in [7, 11) is 0. The number of hydrogen-bond acceptors (Lipinski definition) is 3. The number of nitrogens with zero attached hydrogens (tertiary/aromatic N) is 2. The fourth-order valence-corrected chi connectivity index (χ4v) is 2.20. The predicted molar refractivity (Wildman–Crippen MR) is 88.9 cm³/mol. The lowest BCUT2D eigenvalue weighted by atomic mass is 10.1. The van der Waals surface area contributed by atoms with E-state index in [0.717, 1.165) is 5.69 Å². The van der Waals surface area contributed by atoms with Gasteiger partial charge in [-0.25, -0.2) is 5.43 Å². The fraction of sp³-hybridized carbons (Fsp3) is 0. The molecule has 0 aliphatic carbocycles. The molecule has 23 heavy (non-hydrogen) atoms. The molecule has 0 saturated carbocycles. The SMILES string of the molecule is O=C(N/N=C/c1ccccc1O)c1ccccc1-n1cccc1. The number of phenols is 1. The highest BCUT2D eigenvalue weighted by Crippen LogP contribution is 2.15. The van der Waals surface area contributed by atoms with E-state index in [4.69, 9.17) is 0 Å². The van der Waals surface area contributed by atoms with Gasteiger partial charge in [-0.15, -0.1) is 0 Å². The van der Waals surface area contributed by atoms with E-state index >= 15 is 0 Å². The second-order valence-electron chi connectivity index (χ2n) is 4.87. The van der Waals surface area contributed by atoms with E-state index in [1.165, 1.54) is 6.21 Å². The van der Waals surface area contributed by atoms with Gasteiger partial charge >= 0.3 is 0 Å². The van der Waals surface area contributed by atoms with Gasteiger partial charge in [0.1, 0.15) is 5.75 Å². The van der Waals surface area contributed by atoms with Crippen molar-refractivity contribution in [2.75, 3.05) is 0 Å². The first-order valence-corrected chi connectivity index (χ1v) is 7.09. The van der Waals surface area contributed by atoms with E-state index in [1.807, 2.05) is 41.2 Å². The van der Waals surface area contributed by atoms with Gasteiger partial charge in [-0.1, -0.05) is 24.3 Å². The normalized spacial score (nSPS) is 10.8. The van der Waals surface area contributed by atoms with E-state index in [2.05, 4.69) is 10.5 Å². The summed E-state index contributed by atoms with van der Waals surface area (Å²) in [6, 6.07) is 17.8. The number of rotatable bonds is 4. The molecule has 5 nitrogen and oxygen atoms in total. The Hall–Kier alpha value is -3.34. The van der Waals surface area contributed by atoms with E-state index in [-0.39, 0.29) is 11.7 Å². The van der Waals surface area contributed by atoms with Crippen LogP contribution in [0.1, 0.15) is 15.9 Å². The third kappa shape index (κ3) is 3.29. The number of benzene rings is 2. The average molecular weight is 305 g/mol. The Morgan fingerprint density at radius 2 is 1.70 bits per heavy atom. The first-order chi connectivity index (χ1) is 11.3. The molecule has 2 aromatic carbocycles. The van der Waals surface area contributed by atoms with Crippen molar-refractivity contribution in [2.45, 2.75) is 0 Å². The van der Waals surface area contributed by atoms with Crippen LogP contribution in [0.15, 0.2) is 78.2 Å². The van der Waals surface area contributed by atoms with Crippen LogP contribution >= 0.6 is 0 Å². The van der Waals surface area contributed by atoms with Gasteiger partial charge in [0.25, 0.3) is 5.91 Å². The van der Waals surface area contributed by atoms with Crippen LogP contribution in [0.4, 0.5) is 0 Å². The number of carbonyl (C=O) groups excluding carboxylic acids is 1. The highest BCUT2D eigenvalue weighted by atomic mass is 16.3. The van der Waals surface area contributed by atoms with E-state index in [1.54, 1.807) is 36.4 Å². The number of carbonyl (C=O) groups is 1. The molecule has 0 unspecified atom stereocenters. The van der Waals surface area contributed by atoms with Gasteiger partial charge in [0.2, 0.25) is 0 Å². The van der Waals surface area contributed by atoms with Crippen LogP contribution < -0.4 is 5.43 Å². The Morgan fingerprint density at radius 3 is 2.48 bits per heavy atom. The minimum Gasteiger partial charge on any atom is -0.507 e. The van der Waals surface area contributed by atoms with Crippen molar-refractivity contribution in [1.29, 1.82) is 0 Å². The first-order valence-electron chi connectivity index (χ1n) is 7.09. The number of para-hydroxylation sites is 2. The van der Waals surface area contributed by atoms with Crippen molar-refractivity contribution >= 4 is 12.1 Å². The molecular weight excluding hydrogens is 290 g/mol. The zero-order valence-electron chi connectivity index (χ0n) is 12.3. The Morgan fingerprint density at radius 1 is 1.00 bits per heavy atom. The third-order valence-electron chi connectivity index (χ3n) is 3.34. The molecule has 0 aliphatic heterocycles. The molecule has 1 amide bonds. The van der Waals surface area contributed by atoms with Gasteiger partial charge < -0.3 is 9.67 Å². The maximum Gasteiger partial charge on any atom is 0.273 e. The van der Waals surface area contributed by atoms with Crippen molar-refractivity contribution in [3.63, 3.8) is 0 Å². The Kier molecular flexibility index (Phi) is 4.20. The average Bonchev–Trinajstić information content (AvgIpc) is 3.11. The zero-order chi connectivity index (χ0) is 16.1. The number of aromatic hydroxyl groups is 1. The molecule has 2 N–H and O–H groups in total. The van der Waals surface area contributed by atoms with Gasteiger partial charge in [-0.2, -0.15) is 5.10 Å². The van der Waals surface area contributed by atoms with Crippen LogP contribution in [0.2, 0.25) is 0 Å². The van der Waals surface area contributed by atoms with Crippen LogP contribution in [0.25, 0.3) is 5.69 Å². The summed E-state index contributed by atoms with van der Waals surface area (Å²) >= 11 is 0. The van der Waals surface area contributed by atoms with Crippen LogP contribution in [-0.2, 0) is 0 Å². The lowest BCUT2D eigenvalue weighted by Gasteiger charge is -2.09. The standard InChI is InChI=1S/C18H15N3O2/c22-17-10-4-1-7-14(17)13-19-20-18(23)15-8-2-3-9-16(15)21-11-5-6-12-21/h1-13,22H,(H,20,23)/b19-13+. The second-order valence-corrected chi connectivity index (χ2v) is 4.87. The number of hydrogen-bond donors (Lipinski definition) is 2. The predicted octanol–water partition coefficient (Wildman–Crippen LogP) is 2.95. The molecular formula is C18H15N3O2. The van der Waals surface area contributed by atoms with Gasteiger partial charge in [-0.3, -0.25) is 4.79 Å². The van der Waals surface area contributed by atoms with E-state index in [0.29, 0.717) is 11.1 Å². The number of hydrazone groups is 1. The maximum absolute atomic E-state index is 12.3. The number of aromatic nitrogens is 1. The van der Waals surface area contributed by atoms with Crippen molar-refractivity contribution in [1.82, 2.24) is 9.99 Å². The molecule has 1 aromatic heterocycles. The number of phenolic OH excluding ortho intramolecular Hbond substituents is 1. The number of nitrogens with one attached hydrogen (secondary N) is 1. The summed E-state index contributed by atoms with van der Waals surface area (Å²) in [5.41, 5.74) is 4.30. The van der Waals surface area contributed by atoms with Crippen LogP contribution in [0.3, 0.4) is 0 Å². The Labute approximate surface area is 133 Å². The summed E-state index contributed by atoms with van der Waals surface area (Å²) in [5, 5.41) is 13.6. The molecule has 3 aromatic rings. The first kappa shape index (κ1) is 14.6. The molecule has 114 valence electrons. The summed E-state index contributed by atoms with van der Waals surface area (Å²) in [6.45, 7) is 0. The molecule has 0 aliphatic rings. The van der Waals surface area contributed by atoms with Crippen LogP contribution in [0.5, 0.6) is 5.75 Å². The molecule has 0 saturated heterocycles. The highest BCUT2D eigenvalue weighted by molar-refractivity contribution is 5.98. The van der Waals surface area contributed by atoms with Gasteiger partial charge in [0.15, 0.2) is 0 Å².